The monoisotopic (exact) mass is 284 g/mol. The Kier molecular flexibility index (Phi) is 4.33. The molecular weight excluding hydrogens is 268 g/mol. The van der Waals surface area contributed by atoms with Gasteiger partial charge in [-0.15, -0.1) is 0 Å². The first-order chi connectivity index (χ1) is 10.1. The summed E-state index contributed by atoms with van der Waals surface area (Å²) in [5.41, 5.74) is 2.73. The van der Waals surface area contributed by atoms with Crippen molar-refractivity contribution in [2.75, 3.05) is 0 Å². The standard InChI is InChI=1S/C15H16N4O2/c1-3-13-15(19(20)21)14(4-2)18(17-13)10-12-7-5-6-11(8-12)9-16/h5-8H,3-4,10H2,1-2H3. The molecule has 108 valence electrons. The fourth-order valence-electron chi connectivity index (χ4n) is 2.38. The minimum Gasteiger partial charge on any atom is -0.258 e. The molecule has 1 aromatic carbocycles. The van der Waals surface area contributed by atoms with Crippen molar-refractivity contribution < 1.29 is 4.92 Å². The van der Waals surface area contributed by atoms with Crippen LogP contribution in [0.1, 0.15) is 36.4 Å². The van der Waals surface area contributed by atoms with Crippen molar-refractivity contribution in [3.8, 4) is 6.07 Å². The van der Waals surface area contributed by atoms with E-state index in [0.29, 0.717) is 36.3 Å². The van der Waals surface area contributed by atoms with Crippen LogP contribution in [-0.4, -0.2) is 14.7 Å². The molecule has 1 aromatic heterocycles. The molecule has 0 unspecified atom stereocenters. The van der Waals surface area contributed by atoms with Gasteiger partial charge in [-0.25, -0.2) is 0 Å². The van der Waals surface area contributed by atoms with E-state index >= 15 is 0 Å². The maximum absolute atomic E-state index is 11.2. The fourth-order valence-corrected chi connectivity index (χ4v) is 2.38. The second-order valence-electron chi connectivity index (χ2n) is 4.68. The maximum atomic E-state index is 11.2. The molecule has 0 fully saturated rings. The van der Waals surface area contributed by atoms with Crippen molar-refractivity contribution in [1.82, 2.24) is 9.78 Å². The highest BCUT2D eigenvalue weighted by molar-refractivity contribution is 5.42. The number of nitriles is 1. The van der Waals surface area contributed by atoms with Crippen LogP contribution in [0.4, 0.5) is 5.69 Å². The van der Waals surface area contributed by atoms with Crippen LogP contribution in [0.2, 0.25) is 0 Å². The zero-order chi connectivity index (χ0) is 15.4. The minimum atomic E-state index is -0.354. The highest BCUT2D eigenvalue weighted by Gasteiger charge is 2.25. The molecule has 0 amide bonds. The lowest BCUT2D eigenvalue weighted by Gasteiger charge is -2.05. The van der Waals surface area contributed by atoms with E-state index < -0.39 is 0 Å². The molecule has 0 spiro atoms. The smallest absolute Gasteiger partial charge is 0.258 e. The lowest BCUT2D eigenvalue weighted by molar-refractivity contribution is -0.386. The van der Waals surface area contributed by atoms with E-state index in [2.05, 4.69) is 11.2 Å². The second-order valence-corrected chi connectivity index (χ2v) is 4.68. The van der Waals surface area contributed by atoms with Gasteiger partial charge in [-0.2, -0.15) is 10.4 Å². The second kappa shape index (κ2) is 6.18. The first-order valence-electron chi connectivity index (χ1n) is 6.82. The van der Waals surface area contributed by atoms with Crippen LogP contribution in [0.15, 0.2) is 24.3 Å². The van der Waals surface area contributed by atoms with Gasteiger partial charge in [-0.3, -0.25) is 14.8 Å². The molecule has 2 aromatic rings. The molecule has 0 saturated carbocycles. The third-order valence-electron chi connectivity index (χ3n) is 3.34. The Hall–Kier alpha value is -2.68. The Bertz CT molecular complexity index is 713. The zero-order valence-corrected chi connectivity index (χ0v) is 12.0. The molecule has 21 heavy (non-hydrogen) atoms. The molecule has 0 aliphatic heterocycles. The predicted octanol–water partition coefficient (Wildman–Crippen LogP) is 2.84. The number of aromatic nitrogens is 2. The highest BCUT2D eigenvalue weighted by Crippen LogP contribution is 2.25. The zero-order valence-electron chi connectivity index (χ0n) is 12.0. The van der Waals surface area contributed by atoms with Gasteiger partial charge >= 0.3 is 5.69 Å². The van der Waals surface area contributed by atoms with Gasteiger partial charge in [-0.1, -0.05) is 26.0 Å². The number of benzene rings is 1. The van der Waals surface area contributed by atoms with Crippen LogP contribution in [0, 0.1) is 21.4 Å². The van der Waals surface area contributed by atoms with Crippen LogP contribution in [-0.2, 0) is 19.4 Å². The van der Waals surface area contributed by atoms with Gasteiger partial charge < -0.3 is 0 Å². The van der Waals surface area contributed by atoms with Gasteiger partial charge in [0.05, 0.1) is 23.1 Å². The van der Waals surface area contributed by atoms with Crippen molar-refractivity contribution in [1.29, 1.82) is 5.26 Å². The van der Waals surface area contributed by atoms with Gasteiger partial charge in [0.15, 0.2) is 0 Å². The van der Waals surface area contributed by atoms with Crippen LogP contribution in [0.25, 0.3) is 0 Å². The first-order valence-corrected chi connectivity index (χ1v) is 6.82. The van der Waals surface area contributed by atoms with Crippen molar-refractivity contribution in [2.45, 2.75) is 33.2 Å². The van der Waals surface area contributed by atoms with Gasteiger partial charge in [-0.05, 0) is 30.5 Å². The Morgan fingerprint density at radius 2 is 2.14 bits per heavy atom. The maximum Gasteiger partial charge on any atom is 0.313 e. The largest absolute Gasteiger partial charge is 0.313 e. The SMILES string of the molecule is CCc1nn(Cc2cccc(C#N)c2)c(CC)c1[N+](=O)[O-]. The van der Waals surface area contributed by atoms with Crippen molar-refractivity contribution >= 4 is 5.69 Å². The topological polar surface area (TPSA) is 84.8 Å². The predicted molar refractivity (Wildman–Crippen MR) is 77.9 cm³/mol. The summed E-state index contributed by atoms with van der Waals surface area (Å²) in [6, 6.07) is 9.29. The van der Waals surface area contributed by atoms with Gasteiger partial charge in [0.25, 0.3) is 0 Å². The van der Waals surface area contributed by atoms with E-state index in [-0.39, 0.29) is 10.6 Å². The lowest BCUT2D eigenvalue weighted by atomic mass is 10.1. The number of nitrogens with zero attached hydrogens (tertiary/aromatic N) is 4. The molecule has 0 radical (unpaired) electrons. The van der Waals surface area contributed by atoms with E-state index in [4.69, 9.17) is 5.26 Å². The number of rotatable bonds is 5. The highest BCUT2D eigenvalue weighted by atomic mass is 16.6. The molecule has 6 nitrogen and oxygen atoms in total. The summed E-state index contributed by atoms with van der Waals surface area (Å²) in [6.45, 7) is 4.17. The third kappa shape index (κ3) is 2.92. The van der Waals surface area contributed by atoms with Gasteiger partial charge in [0.1, 0.15) is 11.4 Å². The number of hydrogen-bond acceptors (Lipinski definition) is 4. The molecule has 0 aliphatic rings. The van der Waals surface area contributed by atoms with Crippen molar-refractivity contribution in [3.05, 3.63) is 56.9 Å². The van der Waals surface area contributed by atoms with Crippen LogP contribution < -0.4 is 0 Å². The van der Waals surface area contributed by atoms with Crippen LogP contribution in [0.5, 0.6) is 0 Å². The average molecular weight is 284 g/mol. The summed E-state index contributed by atoms with van der Waals surface area (Å²) in [4.78, 5) is 10.9. The summed E-state index contributed by atoms with van der Waals surface area (Å²) in [5, 5.41) is 24.5. The molecule has 0 bridgehead atoms. The summed E-state index contributed by atoms with van der Waals surface area (Å²) >= 11 is 0. The number of nitro groups is 1. The van der Waals surface area contributed by atoms with E-state index in [9.17, 15) is 10.1 Å². The normalized spacial score (nSPS) is 10.3. The molecule has 0 saturated heterocycles. The summed E-state index contributed by atoms with van der Waals surface area (Å²) in [5.74, 6) is 0. The summed E-state index contributed by atoms with van der Waals surface area (Å²) in [7, 11) is 0. The molecule has 1 heterocycles. The Balaban J connectivity index is 2.44. The number of aryl methyl sites for hydroxylation is 1. The van der Waals surface area contributed by atoms with E-state index in [0.717, 1.165) is 5.56 Å². The van der Waals surface area contributed by atoms with Crippen LogP contribution in [0.3, 0.4) is 0 Å². The lowest BCUT2D eigenvalue weighted by Crippen LogP contribution is -2.07. The van der Waals surface area contributed by atoms with Crippen molar-refractivity contribution in [3.63, 3.8) is 0 Å². The Labute approximate surface area is 122 Å². The van der Waals surface area contributed by atoms with E-state index in [1.807, 2.05) is 19.9 Å². The summed E-state index contributed by atoms with van der Waals surface area (Å²) in [6.07, 6.45) is 1.07. The Morgan fingerprint density at radius 1 is 1.38 bits per heavy atom. The van der Waals surface area contributed by atoms with E-state index in [1.165, 1.54) is 0 Å². The average Bonchev–Trinajstić information content (AvgIpc) is 2.85. The summed E-state index contributed by atoms with van der Waals surface area (Å²) < 4.78 is 1.67. The molecular formula is C15H16N4O2. The fraction of sp³-hybridized carbons (Fsp3) is 0.333. The van der Waals surface area contributed by atoms with Gasteiger partial charge in [0.2, 0.25) is 0 Å². The third-order valence-corrected chi connectivity index (χ3v) is 3.34. The molecule has 0 atom stereocenters. The van der Waals surface area contributed by atoms with Crippen molar-refractivity contribution in [2.24, 2.45) is 0 Å². The molecule has 2 rings (SSSR count). The molecule has 6 heteroatoms. The Morgan fingerprint density at radius 3 is 2.71 bits per heavy atom. The van der Waals surface area contributed by atoms with E-state index in [1.54, 1.807) is 22.9 Å². The first kappa shape index (κ1) is 14.7. The molecule has 0 aliphatic carbocycles. The number of hydrogen-bond donors (Lipinski definition) is 0. The van der Waals surface area contributed by atoms with Gasteiger partial charge in [0, 0.05) is 0 Å². The van der Waals surface area contributed by atoms with Crippen LogP contribution >= 0.6 is 0 Å². The minimum absolute atomic E-state index is 0.122. The molecule has 0 N–H and O–H groups in total. The quantitative estimate of drug-likeness (QED) is 0.624.